The van der Waals surface area contributed by atoms with Crippen LogP contribution in [0.2, 0.25) is 0 Å². The molecule has 1 rings (SSSR count). The van der Waals surface area contributed by atoms with E-state index >= 15 is 0 Å². The van der Waals surface area contributed by atoms with E-state index < -0.39 is 5.60 Å². The molecule has 1 nitrogen and oxygen atoms in total. The lowest BCUT2D eigenvalue weighted by Crippen LogP contribution is -2.28. The normalized spacial score (nSPS) is 27.4. The second-order valence-corrected chi connectivity index (χ2v) is 3.33. The first-order chi connectivity index (χ1) is 3.67. The van der Waals surface area contributed by atoms with Crippen molar-refractivity contribution in [1.29, 1.82) is 0 Å². The summed E-state index contributed by atoms with van der Waals surface area (Å²) < 4.78 is 0. The van der Waals surface area contributed by atoms with Crippen molar-refractivity contribution in [2.75, 3.05) is 5.33 Å². The average Bonchev–Trinajstić information content (AvgIpc) is 2.44. The van der Waals surface area contributed by atoms with Gasteiger partial charge in [0, 0.05) is 5.33 Å². The van der Waals surface area contributed by atoms with Gasteiger partial charge in [0.2, 0.25) is 0 Å². The minimum atomic E-state index is -0.431. The summed E-state index contributed by atoms with van der Waals surface area (Å²) in [5.74, 6) is 0.571. The van der Waals surface area contributed by atoms with Crippen LogP contribution in [-0.2, 0) is 0 Å². The van der Waals surface area contributed by atoms with Crippen LogP contribution in [0.3, 0.4) is 0 Å². The molecule has 48 valence electrons. The number of rotatable bonds is 2. The van der Waals surface area contributed by atoms with Crippen LogP contribution in [0, 0.1) is 5.92 Å². The lowest BCUT2D eigenvalue weighted by molar-refractivity contribution is 0.0632. The molecule has 1 fully saturated rings. The third-order valence-corrected chi connectivity index (χ3v) is 2.86. The molecule has 0 saturated heterocycles. The second-order valence-electron chi connectivity index (χ2n) is 2.77. The highest BCUT2D eigenvalue weighted by Crippen LogP contribution is 2.40. The van der Waals surface area contributed by atoms with Gasteiger partial charge in [-0.3, -0.25) is 0 Å². The molecule has 0 spiro atoms. The molecule has 0 aromatic carbocycles. The van der Waals surface area contributed by atoms with Gasteiger partial charge in [-0.15, -0.1) is 0 Å². The second kappa shape index (κ2) is 1.99. The van der Waals surface area contributed by atoms with Crippen molar-refractivity contribution in [2.45, 2.75) is 25.4 Å². The smallest absolute Gasteiger partial charge is 0.0744 e. The molecule has 0 amide bonds. The summed E-state index contributed by atoms with van der Waals surface area (Å²) in [6.07, 6.45) is 2.41. The van der Waals surface area contributed by atoms with E-state index in [1.165, 1.54) is 12.8 Å². The maximum atomic E-state index is 9.42. The van der Waals surface area contributed by atoms with Gasteiger partial charge in [0.05, 0.1) is 5.60 Å². The molecular formula is C6H11BrO. The zero-order valence-corrected chi connectivity index (χ0v) is 6.61. The molecule has 1 aliphatic rings. The lowest BCUT2D eigenvalue weighted by atomic mass is 10.0. The molecule has 8 heavy (non-hydrogen) atoms. The quantitative estimate of drug-likeness (QED) is 0.637. The Labute approximate surface area is 58.2 Å². The van der Waals surface area contributed by atoms with Gasteiger partial charge in [-0.1, -0.05) is 15.9 Å². The molecule has 0 bridgehead atoms. The van der Waals surface area contributed by atoms with E-state index in [0.717, 1.165) is 0 Å². The summed E-state index contributed by atoms with van der Waals surface area (Å²) in [6, 6.07) is 0. The van der Waals surface area contributed by atoms with Crippen molar-refractivity contribution in [3.63, 3.8) is 0 Å². The maximum Gasteiger partial charge on any atom is 0.0744 e. The van der Waals surface area contributed by atoms with Crippen LogP contribution in [0.25, 0.3) is 0 Å². The van der Waals surface area contributed by atoms with Gasteiger partial charge in [-0.05, 0) is 25.7 Å². The zero-order valence-electron chi connectivity index (χ0n) is 5.02. The molecule has 0 aliphatic heterocycles. The Morgan fingerprint density at radius 2 is 2.25 bits per heavy atom. The van der Waals surface area contributed by atoms with Gasteiger partial charge in [-0.25, -0.2) is 0 Å². The van der Waals surface area contributed by atoms with Crippen molar-refractivity contribution in [1.82, 2.24) is 0 Å². The van der Waals surface area contributed by atoms with Gasteiger partial charge in [0.25, 0.3) is 0 Å². The van der Waals surface area contributed by atoms with Crippen LogP contribution in [0.15, 0.2) is 0 Å². The van der Waals surface area contributed by atoms with E-state index in [1.54, 1.807) is 0 Å². The summed E-state index contributed by atoms with van der Waals surface area (Å²) >= 11 is 3.26. The minimum Gasteiger partial charge on any atom is -0.389 e. The first kappa shape index (κ1) is 6.56. The topological polar surface area (TPSA) is 20.2 Å². The van der Waals surface area contributed by atoms with Gasteiger partial charge in [0.1, 0.15) is 0 Å². The van der Waals surface area contributed by atoms with E-state index in [9.17, 15) is 5.11 Å². The van der Waals surface area contributed by atoms with Crippen molar-refractivity contribution >= 4 is 15.9 Å². The molecule has 0 aromatic rings. The first-order valence-corrected chi connectivity index (χ1v) is 4.07. The fraction of sp³-hybridized carbons (Fsp3) is 1.00. The number of halogens is 1. The van der Waals surface area contributed by atoms with Crippen LogP contribution < -0.4 is 0 Å². The first-order valence-electron chi connectivity index (χ1n) is 2.95. The molecular weight excluding hydrogens is 168 g/mol. The minimum absolute atomic E-state index is 0.431. The number of alkyl halides is 1. The highest BCUT2D eigenvalue weighted by molar-refractivity contribution is 9.09. The predicted molar refractivity (Wildman–Crippen MR) is 37.1 cm³/mol. The maximum absolute atomic E-state index is 9.42. The van der Waals surface area contributed by atoms with Gasteiger partial charge >= 0.3 is 0 Å². The van der Waals surface area contributed by atoms with Crippen LogP contribution in [0.1, 0.15) is 19.8 Å². The molecule has 0 radical (unpaired) electrons. The Bertz CT molecular complexity index is 86.5. The summed E-state index contributed by atoms with van der Waals surface area (Å²) in [4.78, 5) is 0. The van der Waals surface area contributed by atoms with Gasteiger partial charge < -0.3 is 5.11 Å². The third-order valence-electron chi connectivity index (χ3n) is 1.73. The fourth-order valence-electron chi connectivity index (χ4n) is 0.814. The highest BCUT2D eigenvalue weighted by Gasteiger charge is 2.38. The Morgan fingerprint density at radius 1 is 1.75 bits per heavy atom. The zero-order chi connectivity index (χ0) is 6.20. The molecule has 0 unspecified atom stereocenters. The number of hydrogen-bond acceptors (Lipinski definition) is 1. The third kappa shape index (κ3) is 1.23. The summed E-state index contributed by atoms with van der Waals surface area (Å²) in [5.41, 5.74) is -0.431. The van der Waals surface area contributed by atoms with Crippen molar-refractivity contribution in [3.8, 4) is 0 Å². The summed E-state index contributed by atoms with van der Waals surface area (Å²) in [5, 5.41) is 10.1. The van der Waals surface area contributed by atoms with Gasteiger partial charge in [0.15, 0.2) is 0 Å². The lowest BCUT2D eigenvalue weighted by Gasteiger charge is -2.18. The monoisotopic (exact) mass is 178 g/mol. The van der Waals surface area contributed by atoms with E-state index in [0.29, 0.717) is 11.2 Å². The standard InChI is InChI=1S/C6H11BrO/c1-6(8,4-7)5-2-3-5/h5,8H,2-4H2,1H3/t6-/m1/s1. The molecule has 0 aromatic heterocycles. The van der Waals surface area contributed by atoms with E-state index in [-0.39, 0.29) is 0 Å². The molecule has 1 N–H and O–H groups in total. The molecule has 1 aliphatic carbocycles. The largest absolute Gasteiger partial charge is 0.389 e. The average molecular weight is 179 g/mol. The highest BCUT2D eigenvalue weighted by atomic mass is 79.9. The van der Waals surface area contributed by atoms with Crippen LogP contribution in [0.5, 0.6) is 0 Å². The summed E-state index contributed by atoms with van der Waals surface area (Å²) in [6.45, 7) is 1.89. The predicted octanol–water partition coefficient (Wildman–Crippen LogP) is 1.54. The Morgan fingerprint density at radius 3 is 2.38 bits per heavy atom. The van der Waals surface area contributed by atoms with Crippen molar-refractivity contribution in [2.24, 2.45) is 5.92 Å². The van der Waals surface area contributed by atoms with Crippen molar-refractivity contribution in [3.05, 3.63) is 0 Å². The van der Waals surface area contributed by atoms with E-state index in [2.05, 4.69) is 15.9 Å². The molecule has 1 saturated carbocycles. The van der Waals surface area contributed by atoms with Crippen LogP contribution in [0.4, 0.5) is 0 Å². The fourth-order valence-corrected chi connectivity index (χ4v) is 1.27. The Balaban J connectivity index is 2.37. The number of hydrogen-bond donors (Lipinski definition) is 1. The molecule has 2 heteroatoms. The van der Waals surface area contributed by atoms with E-state index in [4.69, 9.17) is 0 Å². The van der Waals surface area contributed by atoms with Crippen molar-refractivity contribution < 1.29 is 5.11 Å². The molecule has 1 atom stereocenters. The Hall–Kier alpha value is 0.440. The summed E-state index contributed by atoms with van der Waals surface area (Å²) in [7, 11) is 0. The van der Waals surface area contributed by atoms with Crippen LogP contribution in [-0.4, -0.2) is 16.0 Å². The number of aliphatic hydroxyl groups is 1. The molecule has 0 heterocycles. The Kier molecular flexibility index (Phi) is 1.63. The van der Waals surface area contributed by atoms with E-state index in [1.807, 2.05) is 6.92 Å². The van der Waals surface area contributed by atoms with Crippen LogP contribution >= 0.6 is 15.9 Å². The SMILES string of the molecule is C[C@@](O)(CBr)C1CC1. The van der Waals surface area contributed by atoms with Gasteiger partial charge in [-0.2, -0.15) is 0 Å².